The first-order valence-electron chi connectivity index (χ1n) is 19.2. The lowest BCUT2D eigenvalue weighted by atomic mass is 9.92. The summed E-state index contributed by atoms with van der Waals surface area (Å²) in [4.78, 5) is 15.6. The van der Waals surface area contributed by atoms with E-state index in [-0.39, 0.29) is 0 Å². The lowest BCUT2D eigenvalue weighted by molar-refractivity contribution is 0.669. The van der Waals surface area contributed by atoms with E-state index in [9.17, 15) is 0 Å². The van der Waals surface area contributed by atoms with E-state index in [1.54, 1.807) is 0 Å². The van der Waals surface area contributed by atoms with Gasteiger partial charge in [0.25, 0.3) is 0 Å². The fourth-order valence-corrected chi connectivity index (χ4v) is 8.08. The molecule has 9 aromatic carbocycles. The lowest BCUT2D eigenvalue weighted by Gasteiger charge is -2.14. The molecule has 266 valence electrons. The van der Waals surface area contributed by atoms with Crippen LogP contribution in [0.5, 0.6) is 0 Å². The second-order valence-electron chi connectivity index (χ2n) is 14.4. The summed E-state index contributed by atoms with van der Waals surface area (Å²) in [5.41, 5.74) is 11.1. The van der Waals surface area contributed by atoms with Gasteiger partial charge in [-0.05, 0) is 91.3 Å². The van der Waals surface area contributed by atoms with Crippen LogP contribution in [0.3, 0.4) is 0 Å². The van der Waals surface area contributed by atoms with Gasteiger partial charge in [0, 0.05) is 27.5 Å². The summed E-state index contributed by atoms with van der Waals surface area (Å²) < 4.78 is 6.29. The molecule has 57 heavy (non-hydrogen) atoms. The van der Waals surface area contributed by atoms with Gasteiger partial charge in [0.05, 0.1) is 0 Å². The average Bonchev–Trinajstić information content (AvgIpc) is 3.68. The van der Waals surface area contributed by atoms with Gasteiger partial charge in [0.1, 0.15) is 11.2 Å². The van der Waals surface area contributed by atoms with Crippen molar-refractivity contribution >= 4 is 43.5 Å². The maximum atomic E-state index is 6.29. The highest BCUT2D eigenvalue weighted by molar-refractivity contribution is 6.11. The van der Waals surface area contributed by atoms with Crippen molar-refractivity contribution in [1.29, 1.82) is 0 Å². The molecule has 2 heterocycles. The number of hydrogen-bond acceptors (Lipinski definition) is 4. The number of aromatic nitrogens is 3. The third-order valence-corrected chi connectivity index (χ3v) is 10.9. The minimum absolute atomic E-state index is 0.591. The molecule has 0 aliphatic carbocycles. The zero-order chi connectivity index (χ0) is 37.7. The van der Waals surface area contributed by atoms with Crippen LogP contribution in [0.25, 0.3) is 111 Å². The average molecular weight is 728 g/mol. The van der Waals surface area contributed by atoms with E-state index in [1.807, 2.05) is 60.7 Å². The van der Waals surface area contributed by atoms with Gasteiger partial charge < -0.3 is 4.42 Å². The quantitative estimate of drug-likeness (QED) is 0.171. The standard InChI is InChI=1S/C53H33N3O/c1-2-14-38(15-3-1)51-54-52(56-53(55-51)47-21-11-23-49-50(47)46-19-8-9-22-48(46)57-49)43-32-41(31-42(33-43)45-20-10-17-37-13-6-7-18-44(37)45)36-26-24-35(25-27-36)40-29-28-34-12-4-5-16-39(34)30-40/h1-33H. The molecule has 11 rings (SSSR count). The van der Waals surface area contributed by atoms with Crippen molar-refractivity contribution < 1.29 is 4.42 Å². The lowest BCUT2D eigenvalue weighted by Crippen LogP contribution is -2.01. The molecule has 0 aliphatic heterocycles. The van der Waals surface area contributed by atoms with Gasteiger partial charge in [0.2, 0.25) is 0 Å². The van der Waals surface area contributed by atoms with Crippen molar-refractivity contribution in [1.82, 2.24) is 15.0 Å². The van der Waals surface area contributed by atoms with E-state index < -0.39 is 0 Å². The van der Waals surface area contributed by atoms with E-state index in [2.05, 4.69) is 140 Å². The van der Waals surface area contributed by atoms with Crippen LogP contribution in [-0.2, 0) is 0 Å². The van der Waals surface area contributed by atoms with Crippen LogP contribution in [0.2, 0.25) is 0 Å². The van der Waals surface area contributed by atoms with E-state index >= 15 is 0 Å². The number of fused-ring (bicyclic) bond motifs is 5. The molecule has 2 aromatic heterocycles. The Morgan fingerprint density at radius 3 is 1.68 bits per heavy atom. The van der Waals surface area contributed by atoms with Crippen LogP contribution in [-0.4, -0.2) is 15.0 Å². The van der Waals surface area contributed by atoms with E-state index in [0.29, 0.717) is 17.5 Å². The number of rotatable bonds is 6. The largest absolute Gasteiger partial charge is 0.456 e. The second-order valence-corrected chi connectivity index (χ2v) is 14.4. The minimum Gasteiger partial charge on any atom is -0.456 e. The van der Waals surface area contributed by atoms with Crippen molar-refractivity contribution in [2.45, 2.75) is 0 Å². The Balaban J connectivity index is 1.12. The van der Waals surface area contributed by atoms with E-state index in [1.165, 1.54) is 32.7 Å². The first-order valence-corrected chi connectivity index (χ1v) is 19.2. The first kappa shape index (κ1) is 32.7. The monoisotopic (exact) mass is 727 g/mol. The zero-order valence-electron chi connectivity index (χ0n) is 30.8. The highest BCUT2D eigenvalue weighted by Gasteiger charge is 2.19. The van der Waals surface area contributed by atoms with E-state index in [4.69, 9.17) is 19.4 Å². The van der Waals surface area contributed by atoms with Gasteiger partial charge in [-0.1, -0.05) is 164 Å². The van der Waals surface area contributed by atoms with Crippen LogP contribution in [0.1, 0.15) is 0 Å². The third kappa shape index (κ3) is 5.92. The van der Waals surface area contributed by atoms with Gasteiger partial charge in [0.15, 0.2) is 17.5 Å². The van der Waals surface area contributed by atoms with Crippen molar-refractivity contribution in [2.75, 3.05) is 0 Å². The third-order valence-electron chi connectivity index (χ3n) is 10.9. The molecular formula is C53H33N3O. The molecule has 4 nitrogen and oxygen atoms in total. The summed E-state index contributed by atoms with van der Waals surface area (Å²) in [5, 5.41) is 6.86. The fraction of sp³-hybridized carbons (Fsp3) is 0. The molecule has 0 atom stereocenters. The van der Waals surface area contributed by atoms with Crippen molar-refractivity contribution in [3.8, 4) is 67.5 Å². The van der Waals surface area contributed by atoms with Crippen LogP contribution in [0.4, 0.5) is 0 Å². The summed E-state index contributed by atoms with van der Waals surface area (Å²) in [6.45, 7) is 0. The van der Waals surface area contributed by atoms with Crippen molar-refractivity contribution in [2.24, 2.45) is 0 Å². The molecule has 11 aromatic rings. The molecule has 0 saturated carbocycles. The molecule has 0 spiro atoms. The molecule has 0 unspecified atom stereocenters. The second kappa shape index (κ2) is 13.6. The maximum absolute atomic E-state index is 6.29. The first-order chi connectivity index (χ1) is 28.2. The molecule has 4 heteroatoms. The Morgan fingerprint density at radius 2 is 0.842 bits per heavy atom. The molecule has 0 radical (unpaired) electrons. The summed E-state index contributed by atoms with van der Waals surface area (Å²) in [6.07, 6.45) is 0. The van der Waals surface area contributed by atoms with Crippen LogP contribution in [0.15, 0.2) is 205 Å². The highest BCUT2D eigenvalue weighted by Crippen LogP contribution is 2.39. The van der Waals surface area contributed by atoms with Crippen molar-refractivity contribution in [3.63, 3.8) is 0 Å². The van der Waals surface area contributed by atoms with Gasteiger partial charge >= 0.3 is 0 Å². The van der Waals surface area contributed by atoms with Gasteiger partial charge in [-0.15, -0.1) is 0 Å². The molecule has 0 N–H and O–H groups in total. The summed E-state index contributed by atoms with van der Waals surface area (Å²) in [6, 6.07) is 70.1. The summed E-state index contributed by atoms with van der Waals surface area (Å²) in [5.74, 6) is 1.80. The van der Waals surface area contributed by atoms with Crippen LogP contribution >= 0.6 is 0 Å². The Bertz CT molecular complexity index is 3290. The minimum atomic E-state index is 0.591. The summed E-state index contributed by atoms with van der Waals surface area (Å²) >= 11 is 0. The normalized spacial score (nSPS) is 11.5. The maximum Gasteiger partial charge on any atom is 0.164 e. The highest BCUT2D eigenvalue weighted by atomic mass is 16.3. The number of benzene rings is 9. The van der Waals surface area contributed by atoms with Crippen LogP contribution in [0, 0.1) is 0 Å². The van der Waals surface area contributed by atoms with Gasteiger partial charge in [-0.2, -0.15) is 0 Å². The van der Waals surface area contributed by atoms with Gasteiger partial charge in [-0.25, -0.2) is 15.0 Å². The summed E-state index contributed by atoms with van der Waals surface area (Å²) in [7, 11) is 0. The predicted molar refractivity (Wildman–Crippen MR) is 235 cm³/mol. The van der Waals surface area contributed by atoms with Gasteiger partial charge in [-0.3, -0.25) is 0 Å². The number of furan rings is 1. The topological polar surface area (TPSA) is 51.8 Å². The molecule has 0 saturated heterocycles. The Hall–Kier alpha value is -7.69. The Labute approximate surface area is 329 Å². The number of para-hydroxylation sites is 1. The fourth-order valence-electron chi connectivity index (χ4n) is 8.08. The van der Waals surface area contributed by atoms with Crippen molar-refractivity contribution in [3.05, 3.63) is 200 Å². The molecule has 0 amide bonds. The number of hydrogen-bond donors (Lipinski definition) is 0. The molecule has 0 fully saturated rings. The molecule has 0 bridgehead atoms. The van der Waals surface area contributed by atoms with Crippen LogP contribution < -0.4 is 0 Å². The predicted octanol–water partition coefficient (Wildman–Crippen LogP) is 14.1. The Kier molecular flexibility index (Phi) is 7.78. The molecule has 0 aliphatic rings. The zero-order valence-corrected chi connectivity index (χ0v) is 30.8. The number of nitrogens with zero attached hydrogens (tertiary/aromatic N) is 3. The van der Waals surface area contributed by atoms with E-state index in [0.717, 1.165) is 60.9 Å². The SMILES string of the molecule is c1ccc(-c2nc(-c3cc(-c4ccc(-c5ccc6ccccc6c5)cc4)cc(-c4cccc5ccccc45)c3)nc(-c3cccc4oc5ccccc5c34)n2)cc1. The molecular weight excluding hydrogens is 695 g/mol. The smallest absolute Gasteiger partial charge is 0.164 e. The Morgan fingerprint density at radius 1 is 0.281 bits per heavy atom.